The number of ketones is 1. The van der Waals surface area contributed by atoms with Crippen LogP contribution in [0.4, 0.5) is 0 Å². The van der Waals surface area contributed by atoms with Gasteiger partial charge in [-0.2, -0.15) is 0 Å². The smallest absolute Gasteiger partial charge is 0.295 e. The molecule has 1 atom stereocenters. The van der Waals surface area contributed by atoms with Crippen molar-refractivity contribution < 1.29 is 19.5 Å². The maximum Gasteiger partial charge on any atom is 0.295 e. The summed E-state index contributed by atoms with van der Waals surface area (Å²) in [6.45, 7) is 1.69. The number of amides is 2. The van der Waals surface area contributed by atoms with Crippen LogP contribution >= 0.6 is 27.5 Å². The maximum atomic E-state index is 12.8. The monoisotopic (exact) mass is 476 g/mol. The van der Waals surface area contributed by atoms with Gasteiger partial charge in [0.2, 0.25) is 5.91 Å². The largest absolute Gasteiger partial charge is 0.507 e. The van der Waals surface area contributed by atoms with Gasteiger partial charge in [0.15, 0.2) is 0 Å². The number of nitrogens with one attached hydrogen (secondary N) is 1. The molecule has 0 spiro atoms. The quantitative estimate of drug-likeness (QED) is 0.391. The van der Waals surface area contributed by atoms with Gasteiger partial charge in [-0.25, -0.2) is 0 Å². The molecule has 3 rings (SSSR count). The topological polar surface area (TPSA) is 86.7 Å². The predicted molar refractivity (Wildman–Crippen MR) is 113 cm³/mol. The van der Waals surface area contributed by atoms with Crippen molar-refractivity contribution in [3.05, 3.63) is 74.7 Å². The van der Waals surface area contributed by atoms with E-state index in [0.717, 1.165) is 4.47 Å². The van der Waals surface area contributed by atoms with Crippen LogP contribution in [0.15, 0.2) is 58.6 Å². The van der Waals surface area contributed by atoms with E-state index < -0.39 is 17.7 Å². The Morgan fingerprint density at radius 1 is 1.14 bits per heavy atom. The molecule has 1 aliphatic heterocycles. The Labute approximate surface area is 181 Å². The first-order valence-electron chi connectivity index (χ1n) is 8.84. The van der Waals surface area contributed by atoms with Crippen molar-refractivity contribution in [2.45, 2.75) is 13.0 Å². The minimum Gasteiger partial charge on any atom is -0.507 e. The average molecular weight is 478 g/mol. The zero-order valence-electron chi connectivity index (χ0n) is 15.5. The third-order valence-electron chi connectivity index (χ3n) is 4.57. The summed E-state index contributed by atoms with van der Waals surface area (Å²) in [5.41, 5.74) is 1.06. The summed E-state index contributed by atoms with van der Waals surface area (Å²) in [6, 6.07) is 12.7. The van der Waals surface area contributed by atoms with Crippen LogP contribution in [-0.2, 0) is 14.4 Å². The van der Waals surface area contributed by atoms with E-state index in [1.54, 1.807) is 48.5 Å². The van der Waals surface area contributed by atoms with Crippen LogP contribution in [0.2, 0.25) is 5.02 Å². The standard InChI is InChI=1S/C21H18BrClN2O4/c1-12(26)24-10-11-25-18(13-2-6-15(22)7-3-13)17(20(28)21(25)29)19(27)14-4-8-16(23)9-5-14/h2-9,18,27H,10-11H2,1H3,(H,24,26)/b19-17+/t18-/m0/s1. The molecule has 0 saturated carbocycles. The number of halogens is 2. The lowest BCUT2D eigenvalue weighted by Crippen LogP contribution is -2.37. The normalized spacial score (nSPS) is 18.2. The molecule has 29 heavy (non-hydrogen) atoms. The first-order valence-corrected chi connectivity index (χ1v) is 10.0. The molecule has 0 bridgehead atoms. The van der Waals surface area contributed by atoms with Crippen molar-refractivity contribution >= 4 is 50.9 Å². The van der Waals surface area contributed by atoms with E-state index in [-0.39, 0.29) is 30.3 Å². The van der Waals surface area contributed by atoms with E-state index in [4.69, 9.17) is 11.6 Å². The summed E-state index contributed by atoms with van der Waals surface area (Å²) in [6.07, 6.45) is 0. The Morgan fingerprint density at radius 3 is 2.34 bits per heavy atom. The van der Waals surface area contributed by atoms with Crippen LogP contribution in [0.3, 0.4) is 0 Å². The molecule has 150 valence electrons. The molecule has 2 N–H and O–H groups in total. The first kappa shape index (κ1) is 21.1. The summed E-state index contributed by atoms with van der Waals surface area (Å²) in [7, 11) is 0. The molecule has 0 radical (unpaired) electrons. The lowest BCUT2D eigenvalue weighted by atomic mass is 9.95. The number of likely N-dealkylation sites (tertiary alicyclic amines) is 1. The van der Waals surface area contributed by atoms with E-state index in [2.05, 4.69) is 21.2 Å². The van der Waals surface area contributed by atoms with Crippen molar-refractivity contribution in [2.24, 2.45) is 0 Å². The van der Waals surface area contributed by atoms with Crippen LogP contribution in [-0.4, -0.2) is 40.7 Å². The summed E-state index contributed by atoms with van der Waals surface area (Å²) in [5.74, 6) is -2.00. The van der Waals surface area contributed by atoms with E-state index in [9.17, 15) is 19.5 Å². The lowest BCUT2D eigenvalue weighted by molar-refractivity contribution is -0.139. The Balaban J connectivity index is 2.08. The zero-order chi connectivity index (χ0) is 21.1. The molecule has 1 saturated heterocycles. The summed E-state index contributed by atoms with van der Waals surface area (Å²) in [4.78, 5) is 38.1. The molecule has 2 aromatic carbocycles. The Bertz CT molecular complexity index is 987. The Kier molecular flexibility index (Phi) is 6.39. The lowest BCUT2D eigenvalue weighted by Gasteiger charge is -2.25. The molecule has 0 aliphatic carbocycles. The van der Waals surface area contributed by atoms with Crippen molar-refractivity contribution in [2.75, 3.05) is 13.1 Å². The highest BCUT2D eigenvalue weighted by atomic mass is 79.9. The van der Waals surface area contributed by atoms with Crippen LogP contribution in [0.1, 0.15) is 24.1 Å². The summed E-state index contributed by atoms with van der Waals surface area (Å²) < 4.78 is 0.842. The zero-order valence-corrected chi connectivity index (χ0v) is 17.8. The minimum absolute atomic E-state index is 0.00229. The van der Waals surface area contributed by atoms with E-state index in [1.807, 2.05) is 0 Å². The summed E-state index contributed by atoms with van der Waals surface area (Å²) in [5, 5.41) is 14.0. The van der Waals surface area contributed by atoms with E-state index in [1.165, 1.54) is 11.8 Å². The second-order valence-electron chi connectivity index (χ2n) is 6.53. The molecule has 0 unspecified atom stereocenters. The molecule has 1 heterocycles. The third kappa shape index (κ3) is 4.52. The van der Waals surface area contributed by atoms with Crippen molar-refractivity contribution in [3.8, 4) is 0 Å². The molecule has 2 aromatic rings. The van der Waals surface area contributed by atoms with Gasteiger partial charge in [0.05, 0.1) is 11.6 Å². The summed E-state index contributed by atoms with van der Waals surface area (Å²) >= 11 is 9.28. The molecular formula is C21H18BrClN2O4. The van der Waals surface area contributed by atoms with Gasteiger partial charge in [-0.05, 0) is 42.0 Å². The molecule has 8 heteroatoms. The number of Topliss-reactive ketones (excluding diaryl/α,β-unsaturated/α-hetero) is 1. The fourth-order valence-electron chi connectivity index (χ4n) is 3.22. The Morgan fingerprint density at radius 2 is 1.76 bits per heavy atom. The average Bonchev–Trinajstić information content (AvgIpc) is 2.93. The number of aliphatic hydroxyl groups excluding tert-OH is 1. The SMILES string of the molecule is CC(=O)NCCN1C(=O)C(=O)/C(=C(/O)c2ccc(Cl)cc2)[C@@H]1c1ccc(Br)cc1. The first-order chi connectivity index (χ1) is 13.8. The van der Waals surface area contributed by atoms with Crippen molar-refractivity contribution in [1.29, 1.82) is 0 Å². The highest BCUT2D eigenvalue weighted by Gasteiger charge is 2.45. The van der Waals surface area contributed by atoms with E-state index in [0.29, 0.717) is 16.1 Å². The van der Waals surface area contributed by atoms with Crippen LogP contribution in [0, 0.1) is 0 Å². The fraction of sp³-hybridized carbons (Fsp3) is 0.190. The van der Waals surface area contributed by atoms with Gasteiger partial charge in [0.1, 0.15) is 5.76 Å². The Hall–Kier alpha value is -2.64. The van der Waals surface area contributed by atoms with Gasteiger partial charge in [0.25, 0.3) is 11.7 Å². The highest BCUT2D eigenvalue weighted by molar-refractivity contribution is 9.10. The number of hydrogen-bond acceptors (Lipinski definition) is 4. The number of aliphatic hydroxyl groups is 1. The molecule has 0 aromatic heterocycles. The molecule has 6 nitrogen and oxygen atoms in total. The number of benzene rings is 2. The predicted octanol–water partition coefficient (Wildman–Crippen LogP) is 3.66. The maximum absolute atomic E-state index is 12.8. The van der Waals surface area contributed by atoms with Crippen molar-refractivity contribution in [1.82, 2.24) is 10.2 Å². The molecule has 2 amide bonds. The number of nitrogens with zero attached hydrogens (tertiary/aromatic N) is 1. The van der Waals surface area contributed by atoms with Crippen molar-refractivity contribution in [3.63, 3.8) is 0 Å². The van der Waals surface area contributed by atoms with Gasteiger partial charge < -0.3 is 15.3 Å². The highest BCUT2D eigenvalue weighted by Crippen LogP contribution is 2.39. The van der Waals surface area contributed by atoms with Gasteiger partial charge in [-0.3, -0.25) is 14.4 Å². The van der Waals surface area contributed by atoms with E-state index >= 15 is 0 Å². The number of carbonyl (C=O) groups excluding carboxylic acids is 3. The van der Waals surface area contributed by atoms with Gasteiger partial charge in [-0.15, -0.1) is 0 Å². The number of rotatable bonds is 5. The minimum atomic E-state index is -0.771. The van der Waals surface area contributed by atoms with Gasteiger partial charge >= 0.3 is 0 Å². The van der Waals surface area contributed by atoms with Gasteiger partial charge in [0, 0.05) is 35.1 Å². The van der Waals surface area contributed by atoms with Gasteiger partial charge in [-0.1, -0.05) is 39.7 Å². The molecule has 1 fully saturated rings. The van der Waals surface area contributed by atoms with Crippen LogP contribution < -0.4 is 5.32 Å². The molecular weight excluding hydrogens is 460 g/mol. The number of hydrogen-bond donors (Lipinski definition) is 2. The van der Waals surface area contributed by atoms with Crippen LogP contribution in [0.5, 0.6) is 0 Å². The second kappa shape index (κ2) is 8.80. The van der Waals surface area contributed by atoms with Crippen LogP contribution in [0.25, 0.3) is 5.76 Å². The fourth-order valence-corrected chi connectivity index (χ4v) is 3.61. The third-order valence-corrected chi connectivity index (χ3v) is 5.35. The molecule has 1 aliphatic rings. The second-order valence-corrected chi connectivity index (χ2v) is 7.89. The number of carbonyl (C=O) groups is 3.